The fourth-order valence-corrected chi connectivity index (χ4v) is 4.35. The van der Waals surface area contributed by atoms with Crippen LogP contribution in [0, 0.1) is 0 Å². The first kappa shape index (κ1) is 32.8. The number of nitrogens with zero attached hydrogens (tertiary/aromatic N) is 1. The molecule has 4 rings (SSSR count). The van der Waals surface area contributed by atoms with Gasteiger partial charge in [0.25, 0.3) is 0 Å². The summed E-state index contributed by atoms with van der Waals surface area (Å²) in [6, 6.07) is 19.9. The lowest BCUT2D eigenvalue weighted by atomic mass is 9.98. The average molecular weight is 575 g/mol. The lowest BCUT2D eigenvalue weighted by Gasteiger charge is -2.24. The molecule has 216 valence electrons. The highest BCUT2D eigenvalue weighted by Gasteiger charge is 2.31. The maximum absolute atomic E-state index is 12.6. The molecule has 0 amide bonds. The third-order valence-electron chi connectivity index (χ3n) is 5.80. The van der Waals surface area contributed by atoms with Crippen molar-refractivity contribution < 1.29 is 27.8 Å². The monoisotopic (exact) mass is 574 g/mol. The predicted octanol–water partition coefficient (Wildman–Crippen LogP) is 8.97. The number of carbonyl (C=O) groups is 1. The molecule has 1 aliphatic heterocycles. The first-order valence-corrected chi connectivity index (χ1v) is 14.2. The van der Waals surface area contributed by atoms with E-state index in [1.807, 2.05) is 32.9 Å². The number of esters is 1. The number of aryl methyl sites for hydroxylation is 1. The third kappa shape index (κ3) is 10.6. The zero-order valence-corrected chi connectivity index (χ0v) is 24.1. The SMILES string of the molecule is CC.CCCC1CC(O)=C(Cc2cccc(NSc3ccc(C(F)(F)F)cn3)c2)C(=O)O1.CCc1ccccc1. The molecule has 0 spiro atoms. The second kappa shape index (κ2) is 16.6. The summed E-state index contributed by atoms with van der Waals surface area (Å²) in [7, 11) is 0. The number of aliphatic hydroxyl groups is 1. The van der Waals surface area contributed by atoms with Crippen LogP contribution in [0.2, 0.25) is 0 Å². The highest BCUT2D eigenvalue weighted by Crippen LogP contribution is 2.30. The molecule has 0 fully saturated rings. The highest BCUT2D eigenvalue weighted by molar-refractivity contribution is 8.00. The molecule has 0 radical (unpaired) electrons. The van der Waals surface area contributed by atoms with Gasteiger partial charge in [-0.2, -0.15) is 13.2 Å². The fourth-order valence-electron chi connectivity index (χ4n) is 3.76. The smallest absolute Gasteiger partial charge is 0.417 e. The maximum Gasteiger partial charge on any atom is 0.417 e. The van der Waals surface area contributed by atoms with Gasteiger partial charge >= 0.3 is 12.1 Å². The van der Waals surface area contributed by atoms with Gasteiger partial charge in [-0.1, -0.05) is 76.6 Å². The normalized spacial score (nSPS) is 14.8. The number of cyclic esters (lactones) is 1. The van der Waals surface area contributed by atoms with Gasteiger partial charge in [0.1, 0.15) is 16.9 Å². The summed E-state index contributed by atoms with van der Waals surface area (Å²) >= 11 is 1.07. The number of ether oxygens (including phenoxy) is 1. The van der Waals surface area contributed by atoms with Crippen molar-refractivity contribution in [3.63, 3.8) is 0 Å². The summed E-state index contributed by atoms with van der Waals surface area (Å²) in [6.45, 7) is 8.15. The molecular formula is C31H37F3N2O3S. The number of hydrogen-bond donors (Lipinski definition) is 2. The summed E-state index contributed by atoms with van der Waals surface area (Å²) in [5.41, 5.74) is 2.33. The van der Waals surface area contributed by atoms with E-state index in [0.29, 0.717) is 23.6 Å². The summed E-state index contributed by atoms with van der Waals surface area (Å²) in [5.74, 6) is -0.440. The molecule has 0 saturated heterocycles. The molecule has 2 N–H and O–H groups in total. The maximum atomic E-state index is 12.6. The average Bonchev–Trinajstić information content (AvgIpc) is 2.96. The van der Waals surface area contributed by atoms with Crippen LogP contribution in [-0.4, -0.2) is 22.2 Å². The lowest BCUT2D eigenvalue weighted by Crippen LogP contribution is -2.27. The molecule has 3 aromatic rings. The Hall–Kier alpha value is -3.46. The van der Waals surface area contributed by atoms with Crippen LogP contribution in [0.3, 0.4) is 0 Å². The van der Waals surface area contributed by atoms with Crippen LogP contribution in [0.1, 0.15) is 63.6 Å². The Bertz CT molecular complexity index is 1220. The van der Waals surface area contributed by atoms with Crippen molar-refractivity contribution in [1.82, 2.24) is 4.98 Å². The number of alkyl halides is 3. The van der Waals surface area contributed by atoms with E-state index in [1.54, 1.807) is 18.2 Å². The number of carbonyl (C=O) groups excluding carboxylic acids is 1. The van der Waals surface area contributed by atoms with Crippen molar-refractivity contribution >= 4 is 23.6 Å². The Morgan fingerprint density at radius 2 is 1.73 bits per heavy atom. The van der Waals surface area contributed by atoms with Crippen molar-refractivity contribution in [1.29, 1.82) is 0 Å². The molecule has 0 bridgehead atoms. The molecular weight excluding hydrogens is 537 g/mol. The van der Waals surface area contributed by atoms with E-state index in [4.69, 9.17) is 4.74 Å². The molecule has 1 aromatic heterocycles. The lowest BCUT2D eigenvalue weighted by molar-refractivity contribution is -0.147. The van der Waals surface area contributed by atoms with Crippen molar-refractivity contribution in [2.75, 3.05) is 4.72 Å². The number of pyridine rings is 1. The molecule has 9 heteroatoms. The number of benzene rings is 2. The van der Waals surface area contributed by atoms with Crippen LogP contribution in [0.4, 0.5) is 18.9 Å². The molecule has 1 unspecified atom stereocenters. The van der Waals surface area contributed by atoms with Crippen molar-refractivity contribution in [3.05, 3.63) is 101 Å². The zero-order chi connectivity index (χ0) is 29.5. The van der Waals surface area contributed by atoms with Gasteiger partial charge in [0, 0.05) is 36.7 Å². The first-order chi connectivity index (χ1) is 19.2. The van der Waals surface area contributed by atoms with E-state index in [-0.39, 0.29) is 23.9 Å². The van der Waals surface area contributed by atoms with E-state index >= 15 is 0 Å². The van der Waals surface area contributed by atoms with Gasteiger partial charge in [0.15, 0.2) is 0 Å². The van der Waals surface area contributed by atoms with E-state index < -0.39 is 17.7 Å². The molecule has 0 aliphatic carbocycles. The van der Waals surface area contributed by atoms with Gasteiger partial charge in [-0.05, 0) is 48.2 Å². The number of halogens is 3. The molecule has 40 heavy (non-hydrogen) atoms. The van der Waals surface area contributed by atoms with E-state index in [9.17, 15) is 23.1 Å². The van der Waals surface area contributed by atoms with E-state index in [0.717, 1.165) is 42.6 Å². The molecule has 1 atom stereocenters. The Morgan fingerprint density at radius 1 is 1.02 bits per heavy atom. The van der Waals surface area contributed by atoms with Crippen LogP contribution < -0.4 is 4.72 Å². The van der Waals surface area contributed by atoms with Crippen LogP contribution in [0.15, 0.2) is 89.3 Å². The van der Waals surface area contributed by atoms with E-state index in [1.165, 1.54) is 11.6 Å². The van der Waals surface area contributed by atoms with Gasteiger partial charge in [0.05, 0.1) is 11.1 Å². The Balaban J connectivity index is 0.000000475. The molecule has 0 saturated carbocycles. The second-order valence-electron chi connectivity index (χ2n) is 8.75. The topological polar surface area (TPSA) is 71.5 Å². The number of rotatable bonds is 8. The minimum atomic E-state index is -4.42. The summed E-state index contributed by atoms with van der Waals surface area (Å²) in [5, 5.41) is 10.7. The van der Waals surface area contributed by atoms with Gasteiger partial charge in [-0.25, -0.2) is 9.78 Å². The van der Waals surface area contributed by atoms with Crippen LogP contribution in [-0.2, 0) is 28.5 Å². The minimum absolute atomic E-state index is 0.0615. The number of anilines is 1. The third-order valence-corrected chi connectivity index (χ3v) is 6.58. The van der Waals surface area contributed by atoms with Gasteiger partial charge in [-0.3, -0.25) is 0 Å². The largest absolute Gasteiger partial charge is 0.512 e. The van der Waals surface area contributed by atoms with Crippen molar-refractivity contribution in [2.45, 2.75) is 77.1 Å². The Kier molecular flexibility index (Phi) is 13.6. The van der Waals surface area contributed by atoms with E-state index in [2.05, 4.69) is 40.9 Å². The summed E-state index contributed by atoms with van der Waals surface area (Å²) in [6.07, 6.45) is -0.666. The number of aromatic nitrogens is 1. The number of nitrogens with one attached hydrogen (secondary N) is 1. The first-order valence-electron chi connectivity index (χ1n) is 13.4. The quantitative estimate of drug-likeness (QED) is 0.207. The van der Waals surface area contributed by atoms with Crippen molar-refractivity contribution in [3.8, 4) is 0 Å². The van der Waals surface area contributed by atoms with Gasteiger partial charge in [-0.15, -0.1) is 0 Å². The fraction of sp³-hybridized carbons (Fsp3) is 0.355. The molecule has 5 nitrogen and oxygen atoms in total. The van der Waals surface area contributed by atoms with Crippen LogP contribution >= 0.6 is 11.9 Å². The highest BCUT2D eigenvalue weighted by atomic mass is 32.2. The Morgan fingerprint density at radius 3 is 2.27 bits per heavy atom. The molecule has 2 aromatic carbocycles. The van der Waals surface area contributed by atoms with Gasteiger partial charge in [0.2, 0.25) is 0 Å². The molecule has 1 aliphatic rings. The summed E-state index contributed by atoms with van der Waals surface area (Å²) < 4.78 is 46.2. The second-order valence-corrected chi connectivity index (χ2v) is 9.58. The number of aliphatic hydroxyl groups excluding tert-OH is 1. The van der Waals surface area contributed by atoms with Crippen LogP contribution in [0.25, 0.3) is 0 Å². The zero-order valence-electron chi connectivity index (χ0n) is 23.3. The summed E-state index contributed by atoms with van der Waals surface area (Å²) in [4.78, 5) is 16.0. The van der Waals surface area contributed by atoms with Gasteiger partial charge < -0.3 is 14.6 Å². The van der Waals surface area contributed by atoms with Crippen molar-refractivity contribution in [2.24, 2.45) is 0 Å². The Labute approximate surface area is 239 Å². The molecule has 2 heterocycles. The minimum Gasteiger partial charge on any atom is -0.512 e. The number of hydrogen-bond acceptors (Lipinski definition) is 6. The standard InChI is InChI=1S/C21H21F3N2O3S.C8H10.C2H6/c1-2-4-16-11-18(27)17(20(28)29-16)10-13-5-3-6-15(9-13)26-30-19-8-7-14(12-25-19)21(22,23)24;1-2-8-6-4-3-5-7-8;1-2/h3,5-9,12,16,26-27H,2,4,10-11H2,1H3;3-7H,2H2,1H3;1-2H3. The predicted molar refractivity (Wildman–Crippen MR) is 155 cm³/mol. The van der Waals surface area contributed by atoms with Crippen LogP contribution in [0.5, 0.6) is 0 Å².